The number of aromatic nitrogens is 15. The van der Waals surface area contributed by atoms with Crippen LogP contribution >= 0.6 is 0 Å². The van der Waals surface area contributed by atoms with Gasteiger partial charge in [-0.1, -0.05) is 358 Å². The van der Waals surface area contributed by atoms with Gasteiger partial charge in [0.15, 0.2) is 34.9 Å². The zero-order valence-electron chi connectivity index (χ0n) is 71.0. The number of nitrogens with zero attached hydrogens (tertiary/aromatic N) is 15. The number of para-hydroxylation sites is 9. The van der Waals surface area contributed by atoms with Crippen LogP contribution < -0.4 is 0 Å². The highest BCUT2D eigenvalue weighted by molar-refractivity contribution is 6.30. The van der Waals surface area contributed by atoms with Gasteiger partial charge in [0.05, 0.1) is 66.2 Å². The average molecular weight is 1690 g/mol. The standard InChI is InChI=1S/3C39H25N5/c1-4-14-26(15-5-1)37-40-38(27-16-6-2-7-17-27)42-39(41-37)44-32-22-12-10-20-29(32)30-24-25-34-35(36(30)44)31-21-11-13-23-33(31)43(34)28-18-8-3-9-19-28;1-4-14-26(15-5-1)37-40-38(27-16-6-2-7-17-27)42-39(41-37)44-33-23-13-11-21-31(33)35-34(44)25-24-30-29-20-10-12-22-32(29)43(36(30)35)28-18-8-3-9-19-28;1-4-14-26(15-5-1)37-40-38(27-16-6-2-7-17-27)42-39(41-37)44-32-23-13-11-21-30(32)36-34(44)25-24-33-35(36)29-20-10-12-22-31(29)43(33)28-18-8-3-9-19-28/h3*1-25H. The molecule has 0 aliphatic heterocycles. The van der Waals surface area contributed by atoms with E-state index in [2.05, 4.69) is 300 Å². The molecule has 0 radical (unpaired) electrons. The molecule has 0 aliphatic rings. The summed E-state index contributed by atoms with van der Waals surface area (Å²) < 4.78 is 13.7. The summed E-state index contributed by atoms with van der Waals surface area (Å²) in [6.45, 7) is 0. The molecule has 0 fully saturated rings. The first kappa shape index (κ1) is 76.2. The molecule has 0 aliphatic carbocycles. The van der Waals surface area contributed by atoms with Crippen LogP contribution in [0.4, 0.5) is 0 Å². The largest absolute Gasteiger partial charge is 0.309 e. The molecule has 15 nitrogen and oxygen atoms in total. The highest BCUT2D eigenvalue weighted by atomic mass is 15.2. The van der Waals surface area contributed by atoms with Gasteiger partial charge in [-0.15, -0.1) is 0 Å². The summed E-state index contributed by atoms with van der Waals surface area (Å²) in [4.78, 5) is 45.6. The van der Waals surface area contributed by atoms with Crippen molar-refractivity contribution in [2.75, 3.05) is 0 Å². The van der Waals surface area contributed by atoms with E-state index in [9.17, 15) is 0 Å². The van der Waals surface area contributed by atoms with Gasteiger partial charge in [0.1, 0.15) is 0 Å². The molecule has 0 atom stereocenters. The molecule has 27 rings (SSSR count). The number of hydrogen-bond acceptors (Lipinski definition) is 9. The predicted octanol–water partition coefficient (Wildman–Crippen LogP) is 28.2. The molecule has 9 aromatic heterocycles. The van der Waals surface area contributed by atoms with E-state index in [0.717, 1.165) is 116 Å². The van der Waals surface area contributed by atoms with Crippen molar-refractivity contribution in [3.05, 3.63) is 455 Å². The molecule has 0 saturated carbocycles. The van der Waals surface area contributed by atoms with Crippen LogP contribution in [0.5, 0.6) is 0 Å². The molecular formula is C117H75N15. The highest BCUT2D eigenvalue weighted by Crippen LogP contribution is 2.47. The van der Waals surface area contributed by atoms with Crippen molar-refractivity contribution in [1.82, 2.24) is 72.3 Å². The maximum absolute atomic E-state index is 5.16. The van der Waals surface area contributed by atoms with Crippen molar-refractivity contribution >= 4 is 131 Å². The molecule has 0 spiro atoms. The Bertz CT molecular complexity index is 8930. The van der Waals surface area contributed by atoms with Crippen molar-refractivity contribution in [3.8, 4) is 103 Å². The molecule has 618 valence electrons. The fourth-order valence-corrected chi connectivity index (χ4v) is 19.4. The summed E-state index contributed by atoms with van der Waals surface area (Å²) in [5.41, 5.74) is 22.4. The Morgan fingerprint density at radius 3 is 0.629 bits per heavy atom. The zero-order chi connectivity index (χ0) is 87.1. The van der Waals surface area contributed by atoms with E-state index >= 15 is 0 Å². The van der Waals surface area contributed by atoms with E-state index < -0.39 is 0 Å². The second-order valence-electron chi connectivity index (χ2n) is 32.7. The van der Waals surface area contributed by atoms with E-state index in [-0.39, 0.29) is 0 Å². The zero-order valence-corrected chi connectivity index (χ0v) is 71.0. The lowest BCUT2D eigenvalue weighted by atomic mass is 10.1. The Labute approximate surface area is 756 Å². The van der Waals surface area contributed by atoms with Gasteiger partial charge in [0, 0.05) is 115 Å². The summed E-state index contributed by atoms with van der Waals surface area (Å²) in [7, 11) is 0. The van der Waals surface area contributed by atoms with Gasteiger partial charge in [-0.05, 0) is 97.1 Å². The molecule has 0 amide bonds. The first-order chi connectivity index (χ1) is 65.5. The number of fused-ring (bicyclic) bond motifs is 21. The summed E-state index contributed by atoms with van der Waals surface area (Å²) in [6, 6.07) is 158. The smallest absolute Gasteiger partial charge is 0.238 e. The molecule has 15 heteroatoms. The second kappa shape index (κ2) is 32.0. The Balaban J connectivity index is 0.000000106. The Hall–Kier alpha value is -18.2. The average Bonchev–Trinajstić information content (AvgIpc) is 1.55. The van der Waals surface area contributed by atoms with Crippen LogP contribution in [0.25, 0.3) is 234 Å². The lowest BCUT2D eigenvalue weighted by molar-refractivity contribution is 0.953. The van der Waals surface area contributed by atoms with Crippen LogP contribution in [-0.2, 0) is 0 Å². The normalized spacial score (nSPS) is 11.6. The second-order valence-corrected chi connectivity index (χ2v) is 32.7. The number of hydrogen-bond donors (Lipinski definition) is 0. The van der Waals surface area contributed by atoms with Gasteiger partial charge >= 0.3 is 0 Å². The van der Waals surface area contributed by atoms with Crippen molar-refractivity contribution in [2.45, 2.75) is 0 Å². The lowest BCUT2D eigenvalue weighted by Gasteiger charge is -2.11. The topological polar surface area (TPSA) is 146 Å². The fourth-order valence-electron chi connectivity index (χ4n) is 19.4. The molecule has 18 aromatic carbocycles. The van der Waals surface area contributed by atoms with Crippen LogP contribution in [0, 0.1) is 0 Å². The monoisotopic (exact) mass is 1690 g/mol. The number of benzene rings is 18. The summed E-state index contributed by atoms with van der Waals surface area (Å²) in [5, 5.41) is 14.2. The fraction of sp³-hybridized carbons (Fsp3) is 0. The van der Waals surface area contributed by atoms with Crippen molar-refractivity contribution in [1.29, 1.82) is 0 Å². The SMILES string of the molecule is c1ccc(-c2nc(-c3ccccc3)nc(-n3c4ccccc4c4c3ccc3c5ccccc5n(-c5ccccc5)c34)n2)cc1.c1ccc(-c2nc(-c3ccccc3)nc(-n3c4ccccc4c4c5c6ccccc6n(-c6ccccc6)c5ccc43)n2)cc1.c1ccc(-c2nc(-c3ccccc3)nc(-n3c4ccccc4c4ccc5c(c6ccccc6n5-c5ccccc5)c43)n2)cc1. The summed E-state index contributed by atoms with van der Waals surface area (Å²) in [6.07, 6.45) is 0. The summed E-state index contributed by atoms with van der Waals surface area (Å²) in [5.74, 6) is 5.61. The van der Waals surface area contributed by atoms with Crippen LogP contribution in [0.15, 0.2) is 455 Å². The minimum absolute atomic E-state index is 0.589. The van der Waals surface area contributed by atoms with Gasteiger partial charge in [-0.3, -0.25) is 13.7 Å². The van der Waals surface area contributed by atoms with E-state index in [1.165, 1.54) is 65.2 Å². The maximum Gasteiger partial charge on any atom is 0.238 e. The molecule has 27 aromatic rings. The van der Waals surface area contributed by atoms with Crippen molar-refractivity contribution in [2.24, 2.45) is 0 Å². The minimum atomic E-state index is 0.589. The van der Waals surface area contributed by atoms with Crippen LogP contribution in [-0.4, -0.2) is 72.3 Å². The first-order valence-corrected chi connectivity index (χ1v) is 44.2. The molecule has 0 unspecified atom stereocenters. The molecule has 0 bridgehead atoms. The van der Waals surface area contributed by atoms with E-state index in [0.29, 0.717) is 52.8 Å². The predicted molar refractivity (Wildman–Crippen MR) is 538 cm³/mol. The Kier molecular flexibility index (Phi) is 18.5. The van der Waals surface area contributed by atoms with Crippen molar-refractivity contribution in [3.63, 3.8) is 0 Å². The summed E-state index contributed by atoms with van der Waals surface area (Å²) >= 11 is 0. The molecule has 132 heavy (non-hydrogen) atoms. The van der Waals surface area contributed by atoms with E-state index in [1.807, 2.05) is 182 Å². The number of rotatable bonds is 12. The molecule has 0 N–H and O–H groups in total. The maximum atomic E-state index is 5.16. The van der Waals surface area contributed by atoms with Gasteiger partial charge in [0.25, 0.3) is 0 Å². The van der Waals surface area contributed by atoms with Crippen LogP contribution in [0.2, 0.25) is 0 Å². The van der Waals surface area contributed by atoms with Gasteiger partial charge in [-0.2, -0.15) is 29.9 Å². The van der Waals surface area contributed by atoms with Gasteiger partial charge < -0.3 is 13.7 Å². The molecule has 0 saturated heterocycles. The lowest BCUT2D eigenvalue weighted by Crippen LogP contribution is -2.06. The minimum Gasteiger partial charge on any atom is -0.309 e. The van der Waals surface area contributed by atoms with Crippen molar-refractivity contribution < 1.29 is 0 Å². The molecular weight excluding hydrogens is 1620 g/mol. The Morgan fingerprint density at radius 2 is 0.318 bits per heavy atom. The third-order valence-corrected chi connectivity index (χ3v) is 25.1. The molecule has 9 heterocycles. The van der Waals surface area contributed by atoms with Crippen LogP contribution in [0.1, 0.15) is 0 Å². The first-order valence-electron chi connectivity index (χ1n) is 44.2. The van der Waals surface area contributed by atoms with E-state index in [1.54, 1.807) is 0 Å². The van der Waals surface area contributed by atoms with E-state index in [4.69, 9.17) is 44.9 Å². The van der Waals surface area contributed by atoms with Crippen LogP contribution in [0.3, 0.4) is 0 Å². The third-order valence-electron chi connectivity index (χ3n) is 25.1. The third kappa shape index (κ3) is 12.8. The highest BCUT2D eigenvalue weighted by Gasteiger charge is 2.28. The quantitative estimate of drug-likeness (QED) is 0.117. The van der Waals surface area contributed by atoms with Gasteiger partial charge in [0.2, 0.25) is 17.8 Å². The Morgan fingerprint density at radius 1 is 0.121 bits per heavy atom. The van der Waals surface area contributed by atoms with Gasteiger partial charge in [-0.25, -0.2) is 15.0 Å².